The van der Waals surface area contributed by atoms with Gasteiger partial charge in [-0.2, -0.15) is 0 Å². The first-order valence-electron chi connectivity index (χ1n) is 5.05. The van der Waals surface area contributed by atoms with E-state index in [4.69, 9.17) is 34.0 Å². The van der Waals surface area contributed by atoms with Gasteiger partial charge in [0.15, 0.2) is 0 Å². The summed E-state index contributed by atoms with van der Waals surface area (Å²) < 4.78 is 0. The van der Waals surface area contributed by atoms with Crippen molar-refractivity contribution in [1.29, 1.82) is 0 Å². The van der Waals surface area contributed by atoms with Crippen LogP contribution in [0, 0.1) is 0 Å². The number of likely N-dealkylation sites (N-methyl/N-ethyl adjacent to an activating group) is 1. The smallest absolute Gasteiger partial charge is 0.0595 e. The number of aliphatic hydroxyl groups is 1. The first-order valence-corrected chi connectivity index (χ1v) is 5.80. The highest BCUT2D eigenvalue weighted by molar-refractivity contribution is 6.42. The predicted octanol–water partition coefficient (Wildman–Crippen LogP) is 2.17. The summed E-state index contributed by atoms with van der Waals surface area (Å²) in [6.07, 6.45) is 0.526. The van der Waals surface area contributed by atoms with Crippen molar-refractivity contribution in [2.24, 2.45) is 5.73 Å². The van der Waals surface area contributed by atoms with Crippen molar-refractivity contribution < 1.29 is 5.11 Å². The lowest BCUT2D eigenvalue weighted by Gasteiger charge is -2.32. The maximum atomic E-state index is 9.09. The molecule has 6 heteroatoms. The van der Waals surface area contributed by atoms with Crippen molar-refractivity contribution in [1.82, 2.24) is 5.32 Å². The van der Waals surface area contributed by atoms with Crippen molar-refractivity contribution in [3.05, 3.63) is 33.8 Å². The number of nitrogens with one attached hydrogen (secondary N) is 1. The molecule has 17 heavy (non-hydrogen) atoms. The molecule has 0 saturated heterocycles. The number of nitrogens with two attached hydrogens (primary N) is 1. The summed E-state index contributed by atoms with van der Waals surface area (Å²) >= 11 is 11.8. The van der Waals surface area contributed by atoms with Crippen LogP contribution in [0.2, 0.25) is 10.0 Å². The zero-order chi connectivity index (χ0) is 12.2. The molecule has 0 spiro atoms. The molecule has 0 saturated carbocycles. The second-order valence-electron chi connectivity index (χ2n) is 3.64. The number of rotatable bonds is 5. The van der Waals surface area contributed by atoms with E-state index in [9.17, 15) is 0 Å². The minimum atomic E-state index is -0.455. The van der Waals surface area contributed by atoms with Gasteiger partial charge in [-0.15, -0.1) is 12.4 Å². The molecule has 0 amide bonds. The molecule has 0 heterocycles. The summed E-state index contributed by atoms with van der Waals surface area (Å²) in [6, 6.07) is 5.38. The van der Waals surface area contributed by atoms with E-state index in [1.54, 1.807) is 12.1 Å². The zero-order valence-electron chi connectivity index (χ0n) is 9.54. The van der Waals surface area contributed by atoms with Gasteiger partial charge in [0.2, 0.25) is 0 Å². The third kappa shape index (κ3) is 3.71. The Bertz CT molecular complexity index is 357. The van der Waals surface area contributed by atoms with E-state index < -0.39 is 5.54 Å². The van der Waals surface area contributed by atoms with Crippen LogP contribution in [0.4, 0.5) is 0 Å². The number of benzene rings is 1. The van der Waals surface area contributed by atoms with Gasteiger partial charge in [-0.25, -0.2) is 0 Å². The second-order valence-corrected chi connectivity index (χ2v) is 4.45. The maximum absolute atomic E-state index is 9.09. The predicted molar refractivity (Wildman–Crippen MR) is 75.2 cm³/mol. The van der Waals surface area contributed by atoms with Gasteiger partial charge in [-0.05, 0) is 31.2 Å². The molecular formula is C11H17Cl3N2O. The molecule has 0 bridgehead atoms. The highest BCUT2D eigenvalue weighted by Gasteiger charge is 2.28. The van der Waals surface area contributed by atoms with Gasteiger partial charge < -0.3 is 16.2 Å². The van der Waals surface area contributed by atoms with E-state index in [1.165, 1.54) is 0 Å². The summed E-state index contributed by atoms with van der Waals surface area (Å²) in [4.78, 5) is 0. The van der Waals surface area contributed by atoms with E-state index in [0.717, 1.165) is 5.56 Å². The largest absolute Gasteiger partial charge is 0.396 e. The number of aliphatic hydroxyl groups excluding tert-OH is 1. The Morgan fingerprint density at radius 1 is 1.35 bits per heavy atom. The molecule has 1 aromatic carbocycles. The van der Waals surface area contributed by atoms with E-state index in [1.807, 2.05) is 13.1 Å². The Morgan fingerprint density at radius 3 is 2.41 bits per heavy atom. The lowest BCUT2D eigenvalue weighted by atomic mass is 9.87. The Labute approximate surface area is 118 Å². The molecule has 0 aliphatic carbocycles. The third-order valence-electron chi connectivity index (χ3n) is 2.84. The molecule has 0 radical (unpaired) electrons. The summed E-state index contributed by atoms with van der Waals surface area (Å²) in [5, 5.41) is 13.2. The third-order valence-corrected chi connectivity index (χ3v) is 3.58. The van der Waals surface area contributed by atoms with Gasteiger partial charge in [0.1, 0.15) is 0 Å². The average Bonchev–Trinajstić information content (AvgIpc) is 2.30. The van der Waals surface area contributed by atoms with Gasteiger partial charge in [0, 0.05) is 13.2 Å². The van der Waals surface area contributed by atoms with E-state index in [2.05, 4.69) is 5.32 Å². The fourth-order valence-electron chi connectivity index (χ4n) is 1.72. The minimum absolute atomic E-state index is 0. The van der Waals surface area contributed by atoms with Crippen molar-refractivity contribution in [3.8, 4) is 0 Å². The molecule has 0 aromatic heterocycles. The molecule has 3 nitrogen and oxygen atoms in total. The average molecular weight is 300 g/mol. The Balaban J connectivity index is 0.00000256. The molecule has 0 aliphatic rings. The van der Waals surface area contributed by atoms with Gasteiger partial charge in [-0.3, -0.25) is 0 Å². The lowest BCUT2D eigenvalue weighted by molar-refractivity contribution is 0.220. The van der Waals surface area contributed by atoms with Crippen LogP contribution in [0.1, 0.15) is 12.0 Å². The summed E-state index contributed by atoms with van der Waals surface area (Å²) in [6.45, 7) is 0.431. The van der Waals surface area contributed by atoms with Crippen molar-refractivity contribution >= 4 is 35.6 Å². The highest BCUT2D eigenvalue weighted by atomic mass is 35.5. The minimum Gasteiger partial charge on any atom is -0.396 e. The van der Waals surface area contributed by atoms with E-state index >= 15 is 0 Å². The maximum Gasteiger partial charge on any atom is 0.0595 e. The van der Waals surface area contributed by atoms with E-state index in [-0.39, 0.29) is 19.0 Å². The molecule has 4 N–H and O–H groups in total. The quantitative estimate of drug-likeness (QED) is 0.781. The zero-order valence-corrected chi connectivity index (χ0v) is 11.9. The van der Waals surface area contributed by atoms with Crippen molar-refractivity contribution in [3.63, 3.8) is 0 Å². The molecule has 1 rings (SSSR count). The molecule has 0 aliphatic heterocycles. The van der Waals surface area contributed by atoms with Crippen LogP contribution in [0.25, 0.3) is 0 Å². The first-order chi connectivity index (χ1) is 7.59. The van der Waals surface area contributed by atoms with Crippen molar-refractivity contribution in [2.75, 3.05) is 20.2 Å². The second kappa shape index (κ2) is 7.41. The lowest BCUT2D eigenvalue weighted by Crippen LogP contribution is -2.47. The fraction of sp³-hybridized carbons (Fsp3) is 0.455. The van der Waals surface area contributed by atoms with Gasteiger partial charge in [0.05, 0.1) is 15.6 Å². The van der Waals surface area contributed by atoms with Crippen LogP contribution in [0.5, 0.6) is 0 Å². The van der Waals surface area contributed by atoms with E-state index in [0.29, 0.717) is 23.0 Å². The SMILES string of the molecule is CNC(CN)(CCO)c1ccc(Cl)c(Cl)c1.Cl. The van der Waals surface area contributed by atoms with Crippen LogP contribution in [-0.4, -0.2) is 25.3 Å². The van der Waals surface area contributed by atoms with Gasteiger partial charge in [0.25, 0.3) is 0 Å². The first kappa shape index (κ1) is 17.0. The standard InChI is InChI=1S/C11H16Cl2N2O.ClH/c1-15-11(7-14,4-5-16)8-2-3-9(12)10(13)6-8;/h2-3,6,15-16H,4-5,7,14H2,1H3;1H. The summed E-state index contributed by atoms with van der Waals surface area (Å²) in [5.74, 6) is 0. The molecule has 0 fully saturated rings. The van der Waals surface area contributed by atoms with Crippen LogP contribution >= 0.6 is 35.6 Å². The summed E-state index contributed by atoms with van der Waals surface area (Å²) in [5.41, 5.74) is 6.25. The number of hydrogen-bond acceptors (Lipinski definition) is 3. The molecule has 98 valence electrons. The molecule has 1 aromatic rings. The fourth-order valence-corrected chi connectivity index (χ4v) is 2.02. The monoisotopic (exact) mass is 298 g/mol. The van der Waals surface area contributed by atoms with Crippen LogP contribution in [-0.2, 0) is 5.54 Å². The number of halogens is 3. The summed E-state index contributed by atoms with van der Waals surface area (Å²) in [7, 11) is 1.81. The van der Waals surface area contributed by atoms with Gasteiger partial charge >= 0.3 is 0 Å². The normalized spacial score (nSPS) is 13.9. The number of hydrogen-bond donors (Lipinski definition) is 3. The Kier molecular flexibility index (Phi) is 7.40. The van der Waals surface area contributed by atoms with Crippen LogP contribution < -0.4 is 11.1 Å². The molecule has 1 unspecified atom stereocenters. The topological polar surface area (TPSA) is 58.3 Å². The van der Waals surface area contributed by atoms with Gasteiger partial charge in [-0.1, -0.05) is 29.3 Å². The van der Waals surface area contributed by atoms with Crippen LogP contribution in [0.3, 0.4) is 0 Å². The molecular weight excluding hydrogens is 282 g/mol. The highest BCUT2D eigenvalue weighted by Crippen LogP contribution is 2.30. The molecule has 1 atom stereocenters. The Hall–Kier alpha value is -0.0300. The van der Waals surface area contributed by atoms with Crippen LogP contribution in [0.15, 0.2) is 18.2 Å². The Morgan fingerprint density at radius 2 is 2.00 bits per heavy atom. The van der Waals surface area contributed by atoms with Crippen molar-refractivity contribution in [2.45, 2.75) is 12.0 Å².